The lowest BCUT2D eigenvalue weighted by Gasteiger charge is -2.43. The molecule has 3 rings (SSSR count). The molecule has 1 aromatic carbocycles. The van der Waals surface area contributed by atoms with Crippen LogP contribution in [0.4, 0.5) is 0 Å². The van der Waals surface area contributed by atoms with Crippen molar-refractivity contribution in [1.82, 2.24) is 4.90 Å². The van der Waals surface area contributed by atoms with Gasteiger partial charge >= 0.3 is 5.97 Å². The van der Waals surface area contributed by atoms with Crippen molar-refractivity contribution in [2.24, 2.45) is 5.92 Å². The number of hydrogen-bond acceptors (Lipinski definition) is 6. The summed E-state index contributed by atoms with van der Waals surface area (Å²) in [6.07, 6.45) is 1.21. The number of ether oxygens (including phenoxy) is 2. The topological polar surface area (TPSA) is 90.0 Å². The molecule has 0 saturated carbocycles. The molecule has 2 saturated heterocycles. The molecule has 0 spiro atoms. The van der Waals surface area contributed by atoms with E-state index in [-0.39, 0.29) is 12.5 Å². The Labute approximate surface area is 159 Å². The number of sulfone groups is 1. The molecule has 3 atom stereocenters. The van der Waals surface area contributed by atoms with Crippen molar-refractivity contribution in [3.8, 4) is 5.75 Å². The fraction of sp³-hybridized carbons (Fsp3) is 0.579. The van der Waals surface area contributed by atoms with E-state index in [1.54, 1.807) is 31.4 Å². The first-order valence-electron chi connectivity index (χ1n) is 9.02. The van der Waals surface area contributed by atoms with Gasteiger partial charge in [-0.25, -0.2) is 13.2 Å². The molecule has 27 heavy (non-hydrogen) atoms. The van der Waals surface area contributed by atoms with Crippen molar-refractivity contribution in [3.63, 3.8) is 0 Å². The third-order valence-corrected chi connectivity index (χ3v) is 8.42. The number of methoxy groups -OCH3 is 1. The van der Waals surface area contributed by atoms with Gasteiger partial charge in [0.25, 0.3) is 0 Å². The maximum Gasteiger partial charge on any atom is 0.330 e. The third kappa shape index (κ3) is 2.90. The fourth-order valence-electron chi connectivity index (χ4n) is 3.92. The second-order valence-electron chi connectivity index (χ2n) is 7.54. The number of β-lactam (4-membered cyclic amide) rings is 1. The molecule has 0 radical (unpaired) electrons. The van der Waals surface area contributed by atoms with Gasteiger partial charge in [0.05, 0.1) is 17.8 Å². The molecule has 2 aliphatic heterocycles. The van der Waals surface area contributed by atoms with Gasteiger partial charge in [-0.2, -0.15) is 0 Å². The maximum atomic E-state index is 13.0. The zero-order chi connectivity index (χ0) is 20.0. The summed E-state index contributed by atoms with van der Waals surface area (Å²) in [5, 5.41) is -0.918. The molecule has 0 N–H and O–H groups in total. The van der Waals surface area contributed by atoms with Crippen LogP contribution in [0, 0.1) is 5.92 Å². The largest absolute Gasteiger partial charge is 0.497 e. The summed E-state index contributed by atoms with van der Waals surface area (Å²) >= 11 is 0. The van der Waals surface area contributed by atoms with Gasteiger partial charge in [-0.15, -0.1) is 0 Å². The van der Waals surface area contributed by atoms with Crippen LogP contribution in [-0.4, -0.2) is 48.5 Å². The van der Waals surface area contributed by atoms with E-state index in [2.05, 4.69) is 0 Å². The number of hydrogen-bond donors (Lipinski definition) is 0. The minimum absolute atomic E-state index is 0.000537. The van der Waals surface area contributed by atoms with Crippen molar-refractivity contribution >= 4 is 21.7 Å². The molecule has 2 heterocycles. The molecule has 7 nitrogen and oxygen atoms in total. The van der Waals surface area contributed by atoms with E-state index >= 15 is 0 Å². The van der Waals surface area contributed by atoms with E-state index in [1.165, 1.54) is 18.7 Å². The maximum absolute atomic E-state index is 13.0. The van der Waals surface area contributed by atoms with Crippen LogP contribution in [0.15, 0.2) is 24.3 Å². The van der Waals surface area contributed by atoms with Gasteiger partial charge in [0.1, 0.15) is 23.8 Å². The van der Waals surface area contributed by atoms with Crippen molar-refractivity contribution in [2.75, 3.05) is 7.11 Å². The first kappa shape index (κ1) is 19.7. The lowest BCUT2D eigenvalue weighted by Crippen LogP contribution is -2.63. The Hall–Kier alpha value is -2.09. The summed E-state index contributed by atoms with van der Waals surface area (Å²) in [5.41, 5.74) is 0.748. The summed E-state index contributed by atoms with van der Waals surface area (Å²) in [6.45, 7) is 4.90. The van der Waals surface area contributed by atoms with Gasteiger partial charge in [0, 0.05) is 0 Å². The summed E-state index contributed by atoms with van der Waals surface area (Å²) in [7, 11) is -2.11. The van der Waals surface area contributed by atoms with Gasteiger partial charge in [-0.3, -0.25) is 4.79 Å². The first-order valence-corrected chi connectivity index (χ1v) is 10.6. The highest BCUT2D eigenvalue weighted by molar-refractivity contribution is 7.93. The number of benzene rings is 1. The third-order valence-electron chi connectivity index (χ3n) is 5.54. The van der Waals surface area contributed by atoms with E-state index in [0.717, 1.165) is 5.56 Å². The van der Waals surface area contributed by atoms with Crippen LogP contribution in [0.1, 0.15) is 39.2 Å². The van der Waals surface area contributed by atoms with Gasteiger partial charge < -0.3 is 14.4 Å². The Morgan fingerprint density at radius 3 is 2.41 bits per heavy atom. The van der Waals surface area contributed by atoms with Crippen molar-refractivity contribution < 1.29 is 27.5 Å². The van der Waals surface area contributed by atoms with Crippen molar-refractivity contribution in [3.05, 3.63) is 29.8 Å². The second kappa shape index (κ2) is 6.82. The van der Waals surface area contributed by atoms with E-state index in [0.29, 0.717) is 18.6 Å². The Morgan fingerprint density at radius 2 is 1.85 bits per heavy atom. The number of carbonyl (C=O) groups is 2. The zero-order valence-electron chi connectivity index (χ0n) is 16.0. The summed E-state index contributed by atoms with van der Waals surface area (Å²) in [4.78, 5) is 26.5. The van der Waals surface area contributed by atoms with Crippen LogP contribution in [0.2, 0.25) is 0 Å². The second-order valence-corrected chi connectivity index (χ2v) is 10.2. The lowest BCUT2D eigenvalue weighted by molar-refractivity contribution is -0.167. The number of nitrogens with zero attached hydrogens (tertiary/aromatic N) is 1. The first-order chi connectivity index (χ1) is 12.7. The molecule has 1 amide bonds. The predicted molar refractivity (Wildman–Crippen MR) is 98.6 cm³/mol. The Kier molecular flexibility index (Phi) is 4.96. The predicted octanol–water partition coefficient (Wildman–Crippen LogP) is 1.90. The van der Waals surface area contributed by atoms with E-state index in [4.69, 9.17) is 9.47 Å². The van der Waals surface area contributed by atoms with Gasteiger partial charge in [0.15, 0.2) is 9.84 Å². The number of rotatable bonds is 6. The van der Waals surface area contributed by atoms with Gasteiger partial charge in [0.2, 0.25) is 5.91 Å². The van der Waals surface area contributed by atoms with Crippen LogP contribution in [-0.2, 0) is 30.8 Å². The standard InChI is InChI=1S/C19H25NO6S/c1-5-6-14-16(21)20-15(19(2,3)27(23,24)17(14)20)18(22)26-11-12-7-9-13(25-4)10-8-12/h7-10,14-15,17H,5-6,11H2,1-4H3/t14-,15+,17-/m1/s1. The molecule has 8 heteroatoms. The molecule has 2 fully saturated rings. The average Bonchev–Trinajstić information content (AvgIpc) is 2.78. The zero-order valence-corrected chi connectivity index (χ0v) is 16.8. The molecule has 0 unspecified atom stereocenters. The highest BCUT2D eigenvalue weighted by Gasteiger charge is 2.71. The van der Waals surface area contributed by atoms with Crippen LogP contribution >= 0.6 is 0 Å². The fourth-order valence-corrected chi connectivity index (χ4v) is 6.27. The van der Waals surface area contributed by atoms with Crippen molar-refractivity contribution in [2.45, 2.75) is 56.4 Å². The lowest BCUT2D eigenvalue weighted by atomic mass is 9.89. The highest BCUT2D eigenvalue weighted by atomic mass is 32.2. The van der Waals surface area contributed by atoms with E-state index in [9.17, 15) is 18.0 Å². The number of fused-ring (bicyclic) bond motifs is 1. The van der Waals surface area contributed by atoms with Gasteiger partial charge in [-0.1, -0.05) is 25.5 Å². The molecule has 148 valence electrons. The summed E-state index contributed by atoms with van der Waals surface area (Å²) in [5.74, 6) is -0.838. The Bertz CT molecular complexity index is 845. The Morgan fingerprint density at radius 1 is 1.22 bits per heavy atom. The highest BCUT2D eigenvalue weighted by Crippen LogP contribution is 2.50. The average molecular weight is 395 g/mol. The molecular weight excluding hydrogens is 370 g/mol. The minimum Gasteiger partial charge on any atom is -0.497 e. The SMILES string of the molecule is CCC[C@@H]1C(=O)N2[C@@H](C(=O)OCc3ccc(OC)cc3)C(C)(C)S(=O)(=O)[C@H]12. The minimum atomic E-state index is -3.67. The molecule has 0 bridgehead atoms. The van der Waals surface area contributed by atoms with Crippen LogP contribution in [0.25, 0.3) is 0 Å². The Balaban J connectivity index is 1.78. The van der Waals surface area contributed by atoms with Crippen LogP contribution < -0.4 is 4.74 Å². The number of esters is 1. The van der Waals surface area contributed by atoms with E-state index in [1.807, 2.05) is 6.92 Å². The molecule has 2 aliphatic rings. The molecule has 1 aromatic rings. The normalized spacial score (nSPS) is 27.6. The van der Waals surface area contributed by atoms with Gasteiger partial charge in [-0.05, 0) is 38.0 Å². The summed E-state index contributed by atoms with van der Waals surface area (Å²) < 4.78 is 35.0. The van der Waals surface area contributed by atoms with Crippen LogP contribution in [0.3, 0.4) is 0 Å². The number of amides is 1. The molecule has 0 aliphatic carbocycles. The monoisotopic (exact) mass is 395 g/mol. The molecular formula is C19H25NO6S. The van der Waals surface area contributed by atoms with Crippen LogP contribution in [0.5, 0.6) is 5.75 Å². The van der Waals surface area contributed by atoms with E-state index < -0.39 is 37.9 Å². The quantitative estimate of drug-likeness (QED) is 0.540. The smallest absolute Gasteiger partial charge is 0.330 e. The molecule has 0 aromatic heterocycles. The number of carbonyl (C=O) groups excluding carboxylic acids is 2. The summed E-state index contributed by atoms with van der Waals surface area (Å²) in [6, 6.07) is 5.90. The van der Waals surface area contributed by atoms with Crippen molar-refractivity contribution in [1.29, 1.82) is 0 Å².